The van der Waals surface area contributed by atoms with Crippen LogP contribution in [-0.2, 0) is 14.3 Å². The minimum atomic E-state index is -0.841. The third kappa shape index (κ3) is 75.5. The van der Waals surface area contributed by atoms with Crippen molar-refractivity contribution in [1.82, 2.24) is 5.32 Å². The van der Waals surface area contributed by atoms with Crippen molar-refractivity contribution in [3.63, 3.8) is 0 Å². The van der Waals surface area contributed by atoms with Gasteiger partial charge in [0.15, 0.2) is 0 Å². The summed E-state index contributed by atoms with van der Waals surface area (Å²) in [7, 11) is 0. The fourth-order valence-electron chi connectivity index (χ4n) is 13.5. The molecule has 0 aliphatic carbocycles. The maximum atomic E-state index is 12.5. The summed E-state index contributed by atoms with van der Waals surface area (Å²) in [4.78, 5) is 24.6. The van der Waals surface area contributed by atoms with E-state index in [0.29, 0.717) is 19.4 Å². The molecule has 1 amide bonds. The van der Waals surface area contributed by atoms with Gasteiger partial charge in [-0.25, -0.2) is 0 Å². The summed E-state index contributed by atoms with van der Waals surface area (Å²) in [5, 5.41) is 23.3. The van der Waals surface area contributed by atoms with Crippen molar-refractivity contribution in [2.75, 3.05) is 13.2 Å². The van der Waals surface area contributed by atoms with Gasteiger partial charge in [0, 0.05) is 12.8 Å². The van der Waals surface area contributed by atoms with Gasteiger partial charge in [0.2, 0.25) is 5.91 Å². The molecule has 0 aromatic heterocycles. The van der Waals surface area contributed by atoms with Gasteiger partial charge in [-0.05, 0) is 32.1 Å². The first-order valence-corrected chi connectivity index (χ1v) is 41.5. The summed E-state index contributed by atoms with van der Waals surface area (Å²) in [6, 6.07) is -0.623. The van der Waals surface area contributed by atoms with E-state index >= 15 is 0 Å². The van der Waals surface area contributed by atoms with E-state index in [2.05, 4.69) is 19.2 Å². The minimum Gasteiger partial charge on any atom is -0.466 e. The minimum absolute atomic E-state index is 0.0257. The van der Waals surface area contributed by atoms with Gasteiger partial charge >= 0.3 is 5.97 Å². The van der Waals surface area contributed by atoms with E-state index in [9.17, 15) is 19.8 Å². The lowest BCUT2D eigenvalue weighted by molar-refractivity contribution is -0.143. The summed E-state index contributed by atoms with van der Waals surface area (Å²) in [5.74, 6) is -0.0307. The first kappa shape index (κ1) is 87.6. The molecule has 530 valence electrons. The smallest absolute Gasteiger partial charge is 0.305 e. The van der Waals surface area contributed by atoms with E-state index in [1.807, 2.05) is 6.08 Å². The van der Waals surface area contributed by atoms with Crippen LogP contribution in [0.15, 0.2) is 12.2 Å². The van der Waals surface area contributed by atoms with Crippen molar-refractivity contribution in [1.29, 1.82) is 0 Å². The highest BCUT2D eigenvalue weighted by Gasteiger charge is 2.18. The van der Waals surface area contributed by atoms with Crippen LogP contribution in [0, 0.1) is 0 Å². The van der Waals surface area contributed by atoms with Crippen LogP contribution in [0.1, 0.15) is 483 Å². The van der Waals surface area contributed by atoms with Crippen LogP contribution in [0.25, 0.3) is 0 Å². The van der Waals surface area contributed by atoms with Crippen LogP contribution in [0.2, 0.25) is 0 Å². The van der Waals surface area contributed by atoms with E-state index in [1.54, 1.807) is 6.08 Å². The molecule has 0 saturated carbocycles. The highest BCUT2D eigenvalue weighted by molar-refractivity contribution is 5.76. The lowest BCUT2D eigenvalue weighted by atomic mass is 10.0. The molecule has 0 aliphatic rings. The molecule has 0 spiro atoms. The Hall–Kier alpha value is -1.40. The number of carbonyl (C=O) groups excluding carboxylic acids is 2. The molecule has 6 nitrogen and oxygen atoms in total. The Labute approximate surface area is 559 Å². The number of esters is 1. The molecule has 0 aliphatic heterocycles. The van der Waals surface area contributed by atoms with E-state index < -0.39 is 12.1 Å². The second kappa shape index (κ2) is 79.0. The fraction of sp³-hybridized carbons (Fsp3) is 0.952. The molecule has 0 bridgehead atoms. The molecular weight excluding hydrogens is 1090 g/mol. The summed E-state index contributed by atoms with van der Waals surface area (Å²) in [5.41, 5.74) is 0. The Balaban J connectivity index is 3.31. The number of rotatable bonds is 79. The van der Waals surface area contributed by atoms with Gasteiger partial charge in [0.25, 0.3) is 0 Å². The molecule has 0 radical (unpaired) electrons. The standard InChI is InChI=1S/C83H163NO5/c1-3-5-7-9-11-13-15-17-18-19-20-40-43-46-49-52-55-59-63-67-71-75-81(86)80(79-85)84-82(87)76-72-68-64-60-56-53-50-47-44-41-38-36-34-32-30-28-26-24-22-21-23-25-27-29-31-33-35-37-39-42-45-48-51-54-58-62-66-70-74-78-89-83(88)77-73-69-65-61-57-16-14-12-10-8-6-4-2/h71,75,80-81,85-86H,3-70,72-74,76-79H2,1-2H3,(H,84,87)/b75-71+. The van der Waals surface area contributed by atoms with Gasteiger partial charge in [-0.1, -0.05) is 450 Å². The third-order valence-electron chi connectivity index (χ3n) is 19.8. The number of unbranched alkanes of at least 4 members (excludes halogenated alkanes) is 68. The zero-order chi connectivity index (χ0) is 64.2. The quantitative estimate of drug-likeness (QED) is 0.0320. The fourth-order valence-corrected chi connectivity index (χ4v) is 13.5. The Morgan fingerprint density at radius 2 is 0.517 bits per heavy atom. The predicted octanol–water partition coefficient (Wildman–Crippen LogP) is 27.4. The Kier molecular flexibility index (Phi) is 77.8. The highest BCUT2D eigenvalue weighted by Crippen LogP contribution is 2.21. The van der Waals surface area contributed by atoms with Crippen LogP contribution in [0.4, 0.5) is 0 Å². The van der Waals surface area contributed by atoms with Gasteiger partial charge in [0.05, 0.1) is 25.4 Å². The largest absolute Gasteiger partial charge is 0.466 e. The number of hydrogen-bond acceptors (Lipinski definition) is 5. The Bertz CT molecular complexity index is 1350. The van der Waals surface area contributed by atoms with Gasteiger partial charge in [0.1, 0.15) is 0 Å². The molecule has 3 N–H and O–H groups in total. The first-order chi connectivity index (χ1) is 44.0. The monoisotopic (exact) mass is 1250 g/mol. The predicted molar refractivity (Wildman–Crippen MR) is 394 cm³/mol. The number of hydrogen-bond donors (Lipinski definition) is 3. The zero-order valence-electron chi connectivity index (χ0n) is 61.0. The van der Waals surface area contributed by atoms with E-state index in [4.69, 9.17) is 4.74 Å². The number of ether oxygens (including phenoxy) is 1. The lowest BCUT2D eigenvalue weighted by Crippen LogP contribution is -2.45. The molecule has 0 aromatic carbocycles. The maximum absolute atomic E-state index is 12.5. The van der Waals surface area contributed by atoms with Crippen LogP contribution in [0.5, 0.6) is 0 Å². The van der Waals surface area contributed by atoms with Gasteiger partial charge in [-0.15, -0.1) is 0 Å². The Morgan fingerprint density at radius 1 is 0.303 bits per heavy atom. The molecule has 89 heavy (non-hydrogen) atoms. The van der Waals surface area contributed by atoms with Gasteiger partial charge in [-0.2, -0.15) is 0 Å². The number of amides is 1. The summed E-state index contributed by atoms with van der Waals surface area (Å²) < 4.78 is 5.49. The summed E-state index contributed by atoms with van der Waals surface area (Å²) >= 11 is 0. The number of nitrogens with one attached hydrogen (secondary N) is 1. The molecule has 6 heteroatoms. The maximum Gasteiger partial charge on any atom is 0.305 e. The topological polar surface area (TPSA) is 95.9 Å². The highest BCUT2D eigenvalue weighted by atomic mass is 16.5. The second-order valence-electron chi connectivity index (χ2n) is 28.8. The number of aliphatic hydroxyl groups is 2. The first-order valence-electron chi connectivity index (χ1n) is 41.5. The van der Waals surface area contributed by atoms with Crippen LogP contribution in [-0.4, -0.2) is 47.4 Å². The third-order valence-corrected chi connectivity index (χ3v) is 19.8. The molecular formula is C83H163NO5. The number of aliphatic hydroxyl groups excluding tert-OH is 2. The Morgan fingerprint density at radius 3 is 0.764 bits per heavy atom. The molecule has 0 fully saturated rings. The average Bonchev–Trinajstić information content (AvgIpc) is 3.60. The van der Waals surface area contributed by atoms with Crippen molar-refractivity contribution >= 4 is 11.9 Å². The van der Waals surface area contributed by atoms with Crippen LogP contribution in [0.3, 0.4) is 0 Å². The molecule has 2 atom stereocenters. The van der Waals surface area contributed by atoms with Crippen LogP contribution < -0.4 is 5.32 Å². The molecule has 0 rings (SSSR count). The number of carbonyl (C=O) groups is 2. The zero-order valence-corrected chi connectivity index (χ0v) is 61.0. The molecule has 0 heterocycles. The number of allylic oxidation sites excluding steroid dienone is 1. The second-order valence-corrected chi connectivity index (χ2v) is 28.8. The normalized spacial score (nSPS) is 12.4. The molecule has 2 unspecified atom stereocenters. The van der Waals surface area contributed by atoms with Gasteiger partial charge < -0.3 is 20.3 Å². The van der Waals surface area contributed by atoms with Crippen molar-refractivity contribution < 1.29 is 24.5 Å². The van der Waals surface area contributed by atoms with E-state index in [1.165, 1.54) is 417 Å². The lowest BCUT2D eigenvalue weighted by Gasteiger charge is -2.20. The average molecular weight is 1260 g/mol. The summed E-state index contributed by atoms with van der Waals surface area (Å²) in [6.07, 6.45) is 101. The van der Waals surface area contributed by atoms with Crippen LogP contribution >= 0.6 is 0 Å². The molecule has 0 saturated heterocycles. The molecule has 0 aromatic rings. The van der Waals surface area contributed by atoms with E-state index in [-0.39, 0.29) is 18.5 Å². The van der Waals surface area contributed by atoms with Crippen molar-refractivity contribution in [2.24, 2.45) is 0 Å². The van der Waals surface area contributed by atoms with Crippen molar-refractivity contribution in [3.8, 4) is 0 Å². The van der Waals surface area contributed by atoms with Crippen molar-refractivity contribution in [3.05, 3.63) is 12.2 Å². The van der Waals surface area contributed by atoms with Gasteiger partial charge in [-0.3, -0.25) is 9.59 Å². The summed E-state index contributed by atoms with van der Waals surface area (Å²) in [6.45, 7) is 4.96. The van der Waals surface area contributed by atoms with E-state index in [0.717, 1.165) is 38.5 Å². The van der Waals surface area contributed by atoms with Crippen molar-refractivity contribution in [2.45, 2.75) is 495 Å². The SMILES string of the molecule is CCCCCCCCCCCCCCCCCCCCC/C=C/C(O)C(CO)NC(=O)CCCCCCCCCCCCCCCCCCCCCCCCCCCCCCCCCCCCCCCCCOC(=O)CCCCCCCCCCCCCC.